The number of aliphatic hydroxyl groups excluding tert-OH is 1. The second kappa shape index (κ2) is 6.84. The van der Waals surface area contributed by atoms with E-state index in [9.17, 15) is 13.5 Å². The molecule has 1 saturated carbocycles. The first-order valence-electron chi connectivity index (χ1n) is 6.75. The molecule has 0 heterocycles. The predicted octanol–water partition coefficient (Wildman–Crippen LogP) is 1.10. The maximum atomic E-state index is 12.1. The molecule has 0 aliphatic heterocycles. The van der Waals surface area contributed by atoms with Gasteiger partial charge in [-0.05, 0) is 18.8 Å². The lowest BCUT2D eigenvalue weighted by molar-refractivity contribution is 0.128. The monoisotopic (exact) mass is 278 g/mol. The van der Waals surface area contributed by atoms with Gasteiger partial charge in [-0.15, -0.1) is 0 Å². The highest BCUT2D eigenvalue weighted by Gasteiger charge is 2.27. The molecular formula is C12H26N2O3S. The molecule has 0 spiro atoms. The molecular weight excluding hydrogens is 252 g/mol. The molecule has 1 unspecified atom stereocenters. The number of rotatable bonds is 6. The first kappa shape index (κ1) is 15.9. The molecule has 108 valence electrons. The van der Waals surface area contributed by atoms with E-state index in [0.717, 1.165) is 25.7 Å². The van der Waals surface area contributed by atoms with Crippen molar-refractivity contribution < 1.29 is 13.5 Å². The SMILES string of the molecule is CC(C)C(O)CNS(=O)(=O)N(C)C1CCCCC1. The molecule has 1 aliphatic carbocycles. The van der Waals surface area contributed by atoms with E-state index >= 15 is 0 Å². The third-order valence-electron chi connectivity index (χ3n) is 3.71. The molecule has 0 saturated heterocycles. The maximum absolute atomic E-state index is 12.1. The van der Waals surface area contributed by atoms with Crippen LogP contribution in [0.15, 0.2) is 0 Å². The quantitative estimate of drug-likeness (QED) is 0.764. The van der Waals surface area contributed by atoms with E-state index in [1.54, 1.807) is 7.05 Å². The van der Waals surface area contributed by atoms with Crippen molar-refractivity contribution in [2.24, 2.45) is 5.92 Å². The minimum atomic E-state index is -3.47. The summed E-state index contributed by atoms with van der Waals surface area (Å²) in [5.41, 5.74) is 0. The molecule has 2 N–H and O–H groups in total. The van der Waals surface area contributed by atoms with Gasteiger partial charge in [-0.25, -0.2) is 0 Å². The fourth-order valence-corrected chi connectivity index (χ4v) is 3.36. The predicted molar refractivity (Wildman–Crippen MR) is 72.4 cm³/mol. The molecule has 1 aliphatic rings. The Balaban J connectivity index is 2.51. The Bertz CT molecular complexity index is 337. The average molecular weight is 278 g/mol. The lowest BCUT2D eigenvalue weighted by atomic mass is 9.96. The average Bonchev–Trinajstić information content (AvgIpc) is 2.36. The first-order chi connectivity index (χ1) is 8.34. The Morgan fingerprint density at radius 1 is 1.28 bits per heavy atom. The van der Waals surface area contributed by atoms with Gasteiger partial charge in [-0.1, -0.05) is 33.1 Å². The van der Waals surface area contributed by atoms with E-state index in [4.69, 9.17) is 0 Å². The van der Waals surface area contributed by atoms with Crippen LogP contribution in [0.2, 0.25) is 0 Å². The molecule has 5 nitrogen and oxygen atoms in total. The van der Waals surface area contributed by atoms with Crippen LogP contribution in [0.3, 0.4) is 0 Å². The number of aliphatic hydroxyl groups is 1. The fraction of sp³-hybridized carbons (Fsp3) is 1.00. The molecule has 0 bridgehead atoms. The van der Waals surface area contributed by atoms with Gasteiger partial charge in [-0.3, -0.25) is 0 Å². The van der Waals surface area contributed by atoms with Crippen LogP contribution in [0, 0.1) is 5.92 Å². The van der Waals surface area contributed by atoms with E-state index < -0.39 is 16.3 Å². The third kappa shape index (κ3) is 4.50. The van der Waals surface area contributed by atoms with E-state index in [0.29, 0.717) is 0 Å². The van der Waals surface area contributed by atoms with Gasteiger partial charge in [0.2, 0.25) is 0 Å². The summed E-state index contributed by atoms with van der Waals surface area (Å²) in [6, 6.07) is 0.104. The van der Waals surface area contributed by atoms with Crippen molar-refractivity contribution in [3.05, 3.63) is 0 Å². The van der Waals surface area contributed by atoms with Crippen molar-refractivity contribution in [2.45, 2.75) is 58.1 Å². The van der Waals surface area contributed by atoms with Gasteiger partial charge in [0.05, 0.1) is 6.10 Å². The Morgan fingerprint density at radius 3 is 2.33 bits per heavy atom. The van der Waals surface area contributed by atoms with Gasteiger partial charge < -0.3 is 5.11 Å². The summed E-state index contributed by atoms with van der Waals surface area (Å²) in [7, 11) is -1.84. The van der Waals surface area contributed by atoms with Gasteiger partial charge >= 0.3 is 0 Å². The number of nitrogens with zero attached hydrogens (tertiary/aromatic N) is 1. The normalized spacial score (nSPS) is 20.6. The van der Waals surface area contributed by atoms with Gasteiger partial charge in [0.25, 0.3) is 10.2 Å². The standard InChI is InChI=1S/C12H26N2O3S/c1-10(2)12(15)9-13-18(16,17)14(3)11-7-5-4-6-8-11/h10-13,15H,4-9H2,1-3H3. The molecule has 1 atom stereocenters. The molecule has 1 fully saturated rings. The van der Waals surface area contributed by atoms with Gasteiger partial charge in [0, 0.05) is 19.6 Å². The van der Waals surface area contributed by atoms with Crippen LogP contribution in [-0.2, 0) is 10.2 Å². The zero-order valence-electron chi connectivity index (χ0n) is 11.6. The maximum Gasteiger partial charge on any atom is 0.279 e. The summed E-state index contributed by atoms with van der Waals surface area (Å²) in [6.45, 7) is 3.81. The summed E-state index contributed by atoms with van der Waals surface area (Å²) in [5.74, 6) is 0.0488. The van der Waals surface area contributed by atoms with Crippen LogP contribution >= 0.6 is 0 Å². The zero-order chi connectivity index (χ0) is 13.8. The zero-order valence-corrected chi connectivity index (χ0v) is 12.4. The molecule has 18 heavy (non-hydrogen) atoms. The molecule has 0 aromatic carbocycles. The summed E-state index contributed by atoms with van der Waals surface area (Å²) in [6.07, 6.45) is 4.62. The Hall–Kier alpha value is -0.170. The highest BCUT2D eigenvalue weighted by Crippen LogP contribution is 2.22. The number of hydrogen-bond acceptors (Lipinski definition) is 3. The summed E-state index contributed by atoms with van der Waals surface area (Å²) in [4.78, 5) is 0. The summed E-state index contributed by atoms with van der Waals surface area (Å²) in [5, 5.41) is 9.64. The molecule has 1 rings (SSSR count). The van der Waals surface area contributed by atoms with E-state index in [1.807, 2.05) is 13.8 Å². The summed E-state index contributed by atoms with van der Waals surface area (Å²) < 4.78 is 28.0. The minimum absolute atomic E-state index is 0.0488. The van der Waals surface area contributed by atoms with Crippen molar-refractivity contribution in [2.75, 3.05) is 13.6 Å². The first-order valence-corrected chi connectivity index (χ1v) is 8.19. The van der Waals surface area contributed by atoms with E-state index in [2.05, 4.69) is 4.72 Å². The van der Waals surface area contributed by atoms with Gasteiger partial charge in [-0.2, -0.15) is 17.4 Å². The highest BCUT2D eigenvalue weighted by molar-refractivity contribution is 7.87. The Morgan fingerprint density at radius 2 is 1.83 bits per heavy atom. The van der Waals surface area contributed by atoms with Crippen LogP contribution in [0.5, 0.6) is 0 Å². The molecule has 6 heteroatoms. The lowest BCUT2D eigenvalue weighted by Crippen LogP contribution is -2.47. The fourth-order valence-electron chi connectivity index (χ4n) is 2.17. The summed E-state index contributed by atoms with van der Waals surface area (Å²) >= 11 is 0. The van der Waals surface area contributed by atoms with E-state index in [1.165, 1.54) is 10.7 Å². The van der Waals surface area contributed by atoms with Crippen molar-refractivity contribution in [1.82, 2.24) is 9.03 Å². The van der Waals surface area contributed by atoms with Crippen LogP contribution < -0.4 is 4.72 Å². The Kier molecular flexibility index (Phi) is 6.04. The van der Waals surface area contributed by atoms with E-state index in [-0.39, 0.29) is 18.5 Å². The largest absolute Gasteiger partial charge is 0.391 e. The minimum Gasteiger partial charge on any atom is -0.391 e. The third-order valence-corrected chi connectivity index (χ3v) is 5.30. The van der Waals surface area contributed by atoms with Gasteiger partial charge in [0.15, 0.2) is 0 Å². The van der Waals surface area contributed by atoms with Crippen LogP contribution in [0.25, 0.3) is 0 Å². The van der Waals surface area contributed by atoms with Gasteiger partial charge in [0.1, 0.15) is 0 Å². The van der Waals surface area contributed by atoms with Crippen molar-refractivity contribution in [3.8, 4) is 0 Å². The van der Waals surface area contributed by atoms with Crippen molar-refractivity contribution in [1.29, 1.82) is 0 Å². The second-order valence-corrected chi connectivity index (χ2v) is 7.29. The smallest absolute Gasteiger partial charge is 0.279 e. The van der Waals surface area contributed by atoms with Crippen LogP contribution in [-0.4, -0.2) is 43.6 Å². The number of hydrogen-bond donors (Lipinski definition) is 2. The molecule has 0 radical (unpaired) electrons. The van der Waals surface area contributed by atoms with Crippen molar-refractivity contribution >= 4 is 10.2 Å². The van der Waals surface area contributed by atoms with Crippen molar-refractivity contribution in [3.63, 3.8) is 0 Å². The molecule has 0 amide bonds. The topological polar surface area (TPSA) is 69.6 Å². The van der Waals surface area contributed by atoms with Crippen LogP contribution in [0.1, 0.15) is 46.0 Å². The van der Waals surface area contributed by atoms with Crippen LogP contribution in [0.4, 0.5) is 0 Å². The number of nitrogens with one attached hydrogen (secondary N) is 1. The second-order valence-electron chi connectivity index (χ2n) is 5.47. The molecule has 0 aromatic rings. The lowest BCUT2D eigenvalue weighted by Gasteiger charge is -2.30. The highest BCUT2D eigenvalue weighted by atomic mass is 32.2. The Labute approximate surface area is 111 Å². The molecule has 0 aromatic heterocycles.